The molecule has 0 atom stereocenters. The van der Waals surface area contributed by atoms with Gasteiger partial charge >= 0.3 is 0 Å². The minimum absolute atomic E-state index is 0.224. The van der Waals surface area contributed by atoms with E-state index in [1.165, 1.54) is 26.7 Å². The van der Waals surface area contributed by atoms with Crippen LogP contribution in [0.2, 0.25) is 0 Å². The number of halogens is 1. The molecule has 3 aromatic rings. The second-order valence-electron chi connectivity index (χ2n) is 5.83. The van der Waals surface area contributed by atoms with E-state index in [0.717, 1.165) is 5.52 Å². The zero-order chi connectivity index (χ0) is 19.4. The highest BCUT2D eigenvalue weighted by Gasteiger charge is 2.22. The Labute approximate surface area is 166 Å². The van der Waals surface area contributed by atoms with Gasteiger partial charge in [-0.05, 0) is 39.5 Å². The van der Waals surface area contributed by atoms with Crippen LogP contribution in [0.1, 0.15) is 10.4 Å². The highest BCUT2D eigenvalue weighted by atomic mass is 79.9. The van der Waals surface area contributed by atoms with E-state index in [1.807, 2.05) is 18.3 Å². The van der Waals surface area contributed by atoms with Crippen LogP contribution in [-0.4, -0.2) is 38.3 Å². The van der Waals surface area contributed by atoms with Crippen LogP contribution in [0.25, 0.3) is 10.9 Å². The van der Waals surface area contributed by atoms with Crippen molar-refractivity contribution in [3.05, 3.63) is 52.6 Å². The summed E-state index contributed by atoms with van der Waals surface area (Å²) in [5.74, 6) is 1.05. The van der Waals surface area contributed by atoms with Gasteiger partial charge in [-0.3, -0.25) is 4.79 Å². The molecule has 0 radical (unpaired) electrons. The van der Waals surface area contributed by atoms with E-state index < -0.39 is 0 Å². The van der Waals surface area contributed by atoms with Gasteiger partial charge in [-0.25, -0.2) is 0 Å². The predicted octanol–water partition coefficient (Wildman–Crippen LogP) is 3.86. The first-order valence-corrected chi connectivity index (χ1v) is 9.20. The number of nitrogens with one attached hydrogen (secondary N) is 1. The molecule has 142 valence electrons. The lowest BCUT2D eigenvalue weighted by Gasteiger charge is -2.16. The Balaban J connectivity index is 1.76. The van der Waals surface area contributed by atoms with Gasteiger partial charge in [0.05, 0.1) is 31.4 Å². The fourth-order valence-corrected chi connectivity index (χ4v) is 3.64. The Morgan fingerprint density at radius 1 is 1.07 bits per heavy atom. The molecule has 0 aliphatic heterocycles. The Bertz CT molecular complexity index is 968. The molecule has 0 aliphatic rings. The summed E-state index contributed by atoms with van der Waals surface area (Å²) in [5, 5.41) is 4.12. The zero-order valence-electron chi connectivity index (χ0n) is 15.4. The van der Waals surface area contributed by atoms with Crippen molar-refractivity contribution in [2.45, 2.75) is 6.54 Å². The van der Waals surface area contributed by atoms with E-state index in [4.69, 9.17) is 14.2 Å². The van der Waals surface area contributed by atoms with Crippen molar-refractivity contribution in [1.29, 1.82) is 0 Å². The fraction of sp³-hybridized carbons (Fsp3) is 0.250. The second kappa shape index (κ2) is 8.35. The lowest BCUT2D eigenvalue weighted by atomic mass is 10.1. The Kier molecular flexibility index (Phi) is 5.91. The summed E-state index contributed by atoms with van der Waals surface area (Å²) in [6.45, 7) is 1.15. The van der Waals surface area contributed by atoms with Gasteiger partial charge in [-0.2, -0.15) is 0 Å². The average Bonchev–Trinajstić information content (AvgIpc) is 3.10. The standard InChI is InChI=1S/C20H21BrN2O4/c1-25-16-12-14(17(21)19(27-3)18(16)26-2)20(24)22-9-11-23-10-8-13-6-4-5-7-15(13)23/h4-8,10,12H,9,11H2,1-3H3,(H,22,24). The lowest BCUT2D eigenvalue weighted by Crippen LogP contribution is -2.27. The van der Waals surface area contributed by atoms with E-state index in [9.17, 15) is 4.79 Å². The third-order valence-electron chi connectivity index (χ3n) is 4.33. The van der Waals surface area contributed by atoms with Crippen molar-refractivity contribution in [1.82, 2.24) is 9.88 Å². The molecule has 1 amide bonds. The number of hydrogen-bond acceptors (Lipinski definition) is 4. The number of ether oxygens (including phenoxy) is 3. The third-order valence-corrected chi connectivity index (χ3v) is 5.12. The number of rotatable bonds is 7. The van der Waals surface area contributed by atoms with Crippen LogP contribution >= 0.6 is 15.9 Å². The number of fused-ring (bicyclic) bond motifs is 1. The molecule has 3 rings (SSSR count). The van der Waals surface area contributed by atoms with E-state index in [2.05, 4.69) is 44.0 Å². The van der Waals surface area contributed by atoms with Crippen LogP contribution in [0.4, 0.5) is 0 Å². The maximum Gasteiger partial charge on any atom is 0.252 e. The van der Waals surface area contributed by atoms with Crippen LogP contribution in [0.3, 0.4) is 0 Å². The van der Waals surface area contributed by atoms with Gasteiger partial charge in [0, 0.05) is 24.8 Å². The van der Waals surface area contributed by atoms with Crippen molar-refractivity contribution in [3.63, 3.8) is 0 Å². The monoisotopic (exact) mass is 432 g/mol. The lowest BCUT2D eigenvalue weighted by molar-refractivity contribution is 0.0950. The molecule has 2 aromatic carbocycles. The number of methoxy groups -OCH3 is 3. The molecule has 0 saturated heterocycles. The molecule has 0 saturated carbocycles. The average molecular weight is 433 g/mol. The molecular weight excluding hydrogens is 412 g/mol. The summed E-state index contributed by atoms with van der Waals surface area (Å²) < 4.78 is 18.7. The molecule has 0 unspecified atom stereocenters. The molecule has 0 fully saturated rings. The van der Waals surface area contributed by atoms with Crippen LogP contribution in [0, 0.1) is 0 Å². The molecule has 6 nitrogen and oxygen atoms in total. The fourth-order valence-electron chi connectivity index (χ4n) is 3.01. The van der Waals surface area contributed by atoms with Gasteiger partial charge in [-0.1, -0.05) is 18.2 Å². The smallest absolute Gasteiger partial charge is 0.252 e. The number of hydrogen-bond donors (Lipinski definition) is 1. The quantitative estimate of drug-likeness (QED) is 0.615. The molecule has 1 heterocycles. The summed E-state index contributed by atoms with van der Waals surface area (Å²) in [7, 11) is 4.55. The Morgan fingerprint density at radius 2 is 1.81 bits per heavy atom. The number of carbonyl (C=O) groups is 1. The van der Waals surface area contributed by atoms with Crippen molar-refractivity contribution >= 4 is 32.7 Å². The molecule has 0 spiro atoms. The SMILES string of the molecule is COc1cc(C(=O)NCCn2ccc3ccccc32)c(Br)c(OC)c1OC. The largest absolute Gasteiger partial charge is 0.493 e. The summed E-state index contributed by atoms with van der Waals surface area (Å²) in [4.78, 5) is 12.7. The highest BCUT2D eigenvalue weighted by Crippen LogP contribution is 2.44. The van der Waals surface area contributed by atoms with Gasteiger partial charge in [0.2, 0.25) is 5.75 Å². The topological polar surface area (TPSA) is 61.7 Å². The first kappa shape index (κ1) is 19.1. The Hall–Kier alpha value is -2.67. The van der Waals surface area contributed by atoms with E-state index in [0.29, 0.717) is 40.4 Å². The highest BCUT2D eigenvalue weighted by molar-refractivity contribution is 9.10. The number of nitrogens with zero attached hydrogens (tertiary/aromatic N) is 1. The van der Waals surface area contributed by atoms with Crippen LogP contribution in [-0.2, 0) is 6.54 Å². The van der Waals surface area contributed by atoms with Crippen LogP contribution in [0.5, 0.6) is 17.2 Å². The van der Waals surface area contributed by atoms with Gasteiger partial charge < -0.3 is 24.1 Å². The number of aromatic nitrogens is 1. The van der Waals surface area contributed by atoms with E-state index >= 15 is 0 Å². The molecule has 1 aromatic heterocycles. The molecule has 0 bridgehead atoms. The maximum absolute atomic E-state index is 12.7. The van der Waals surface area contributed by atoms with Crippen molar-refractivity contribution in [3.8, 4) is 17.2 Å². The number of carbonyl (C=O) groups excluding carboxylic acids is 1. The Morgan fingerprint density at radius 3 is 2.52 bits per heavy atom. The van der Waals surface area contributed by atoms with Crippen LogP contribution < -0.4 is 19.5 Å². The summed E-state index contributed by atoms with van der Waals surface area (Å²) in [5.41, 5.74) is 1.56. The normalized spacial score (nSPS) is 10.7. The number of amides is 1. The number of para-hydroxylation sites is 1. The summed E-state index contributed by atoms with van der Waals surface area (Å²) in [6, 6.07) is 11.8. The van der Waals surface area contributed by atoms with Crippen molar-refractivity contribution < 1.29 is 19.0 Å². The van der Waals surface area contributed by atoms with Crippen molar-refractivity contribution in [2.24, 2.45) is 0 Å². The van der Waals surface area contributed by atoms with Gasteiger partial charge in [0.15, 0.2) is 11.5 Å². The minimum Gasteiger partial charge on any atom is -0.493 e. The van der Waals surface area contributed by atoms with Crippen molar-refractivity contribution in [2.75, 3.05) is 27.9 Å². The van der Waals surface area contributed by atoms with Crippen LogP contribution in [0.15, 0.2) is 47.1 Å². The minimum atomic E-state index is -0.224. The molecule has 1 N–H and O–H groups in total. The first-order chi connectivity index (χ1) is 13.1. The molecule has 27 heavy (non-hydrogen) atoms. The van der Waals surface area contributed by atoms with Gasteiger partial charge in [0.25, 0.3) is 5.91 Å². The molecule has 0 aliphatic carbocycles. The maximum atomic E-state index is 12.7. The first-order valence-electron chi connectivity index (χ1n) is 8.41. The predicted molar refractivity (Wildman–Crippen MR) is 108 cm³/mol. The second-order valence-corrected chi connectivity index (χ2v) is 6.62. The summed E-state index contributed by atoms with van der Waals surface area (Å²) >= 11 is 3.43. The third kappa shape index (κ3) is 3.73. The summed E-state index contributed by atoms with van der Waals surface area (Å²) in [6.07, 6.45) is 2.02. The molecular formula is C20H21BrN2O4. The number of benzene rings is 2. The molecule has 7 heteroatoms. The zero-order valence-corrected chi connectivity index (χ0v) is 17.0. The van der Waals surface area contributed by atoms with E-state index in [-0.39, 0.29) is 5.91 Å². The van der Waals surface area contributed by atoms with Gasteiger partial charge in [-0.15, -0.1) is 0 Å². The van der Waals surface area contributed by atoms with E-state index in [1.54, 1.807) is 6.07 Å². The van der Waals surface area contributed by atoms with Gasteiger partial charge in [0.1, 0.15) is 0 Å².